The number of hydrogen-bond acceptors (Lipinski definition) is 5. The summed E-state index contributed by atoms with van der Waals surface area (Å²) in [6.07, 6.45) is -4.28. The summed E-state index contributed by atoms with van der Waals surface area (Å²) >= 11 is 0. The summed E-state index contributed by atoms with van der Waals surface area (Å²) in [4.78, 5) is 24.2. The number of nitrogens with one attached hydrogen (secondary N) is 1. The van der Waals surface area contributed by atoms with E-state index in [1.54, 1.807) is 18.2 Å². The maximum atomic E-state index is 13.4. The van der Waals surface area contributed by atoms with E-state index in [1.807, 2.05) is 0 Å². The first-order chi connectivity index (χ1) is 13.3. The second-order valence-electron chi connectivity index (χ2n) is 6.36. The van der Waals surface area contributed by atoms with Crippen LogP contribution >= 0.6 is 0 Å². The Labute approximate surface area is 156 Å². The van der Waals surface area contributed by atoms with E-state index in [2.05, 4.69) is 10.2 Å². The van der Waals surface area contributed by atoms with Gasteiger partial charge in [0, 0.05) is 24.4 Å². The quantitative estimate of drug-likeness (QED) is 0.677. The smallest absolute Gasteiger partial charge is 0.425 e. The zero-order chi connectivity index (χ0) is 20.1. The van der Waals surface area contributed by atoms with Gasteiger partial charge in [-0.2, -0.15) is 18.3 Å². The number of hydrogen-bond donors (Lipinski definition) is 1. The minimum absolute atomic E-state index is 0.0223. The molecule has 2 atom stereocenters. The van der Waals surface area contributed by atoms with Gasteiger partial charge in [-0.3, -0.25) is 4.79 Å². The number of fused-ring (bicyclic) bond motifs is 2. The van der Waals surface area contributed by atoms with Crippen molar-refractivity contribution in [1.29, 1.82) is 0 Å². The lowest BCUT2D eigenvalue weighted by Gasteiger charge is -2.34. The van der Waals surface area contributed by atoms with Crippen LogP contribution in [0.15, 0.2) is 41.5 Å². The molecule has 0 spiro atoms. The number of H-pyrrole nitrogens is 1. The molecule has 0 bridgehead atoms. The molecule has 3 aliphatic heterocycles. The van der Waals surface area contributed by atoms with Gasteiger partial charge in [0.1, 0.15) is 17.0 Å². The van der Waals surface area contributed by atoms with Crippen molar-refractivity contribution in [2.24, 2.45) is 0 Å². The third-order valence-corrected chi connectivity index (χ3v) is 4.70. The Hall–Kier alpha value is -3.30. The van der Waals surface area contributed by atoms with Gasteiger partial charge in [-0.25, -0.2) is 9.89 Å². The van der Waals surface area contributed by atoms with Crippen molar-refractivity contribution in [2.75, 3.05) is 7.11 Å². The van der Waals surface area contributed by atoms with Gasteiger partial charge in [-0.1, -0.05) is 18.2 Å². The Kier molecular flexibility index (Phi) is 4.13. The number of esters is 1. The van der Waals surface area contributed by atoms with Crippen molar-refractivity contribution in [1.82, 2.24) is 14.8 Å². The molecule has 0 fully saturated rings. The highest BCUT2D eigenvalue weighted by Gasteiger charge is 2.46. The van der Waals surface area contributed by atoms with Crippen molar-refractivity contribution in [2.45, 2.75) is 24.7 Å². The molecule has 0 radical (unpaired) electrons. The van der Waals surface area contributed by atoms with Crippen LogP contribution in [0.4, 0.5) is 13.2 Å². The predicted octanol–water partition coefficient (Wildman–Crippen LogP) is 2.77. The summed E-state index contributed by atoms with van der Waals surface area (Å²) in [5.74, 6) is -0.651. The number of rotatable bonds is 2. The standard InChI is InChI=1S/C18H14F3N3O4/c1-27-17(26)11-8-24(7-10-15(11)22-23-16(10)25)12-6-14(18(19,20)21)28-13-5-3-2-4-9(12)13/h2-5,7-8,12,14H,6H2,1H3,(H,23,25)/t12-,14-/m0/s1. The van der Waals surface area contributed by atoms with Crippen LogP contribution in [0, 0.1) is 0 Å². The number of halogens is 3. The number of carbonyl (C=O) groups excluding carboxylic acids is 1. The summed E-state index contributed by atoms with van der Waals surface area (Å²) in [5.41, 5.74) is 0.114. The minimum atomic E-state index is -4.57. The number of aromatic nitrogens is 3. The highest BCUT2D eigenvalue weighted by atomic mass is 19.4. The molecule has 3 aliphatic rings. The van der Waals surface area contributed by atoms with Gasteiger partial charge in [-0.05, 0) is 6.07 Å². The summed E-state index contributed by atoms with van der Waals surface area (Å²) in [7, 11) is 1.17. The molecule has 1 aromatic carbocycles. The van der Waals surface area contributed by atoms with E-state index in [-0.39, 0.29) is 22.6 Å². The number of benzene rings is 1. The first kappa shape index (κ1) is 18.1. The lowest BCUT2D eigenvalue weighted by Crippen LogP contribution is -2.40. The average Bonchev–Trinajstić information content (AvgIpc) is 3.06. The topological polar surface area (TPSA) is 86.2 Å². The van der Waals surface area contributed by atoms with Crippen LogP contribution in [-0.2, 0) is 4.74 Å². The minimum Gasteiger partial charge on any atom is -0.480 e. The van der Waals surface area contributed by atoms with Crippen LogP contribution in [-0.4, -0.2) is 40.1 Å². The van der Waals surface area contributed by atoms with E-state index >= 15 is 0 Å². The van der Waals surface area contributed by atoms with E-state index in [0.29, 0.717) is 5.56 Å². The first-order valence-electron chi connectivity index (χ1n) is 8.30. The Balaban J connectivity index is 1.91. The molecule has 28 heavy (non-hydrogen) atoms. The number of ether oxygens (including phenoxy) is 2. The fraction of sp³-hybridized carbons (Fsp3) is 0.278. The number of pyridine rings is 1. The molecule has 0 saturated carbocycles. The molecule has 4 rings (SSSR count). The summed E-state index contributed by atoms with van der Waals surface area (Å²) < 4.78 is 51.4. The lowest BCUT2D eigenvalue weighted by molar-refractivity contribution is -0.201. The SMILES string of the molecule is COC(=O)c1cn([C@H]2C[C@@H](C(F)(F)F)Oc3ccccc32)cc2c(=O)[nH]nc1-2. The van der Waals surface area contributed by atoms with Crippen LogP contribution in [0.1, 0.15) is 28.4 Å². The first-order valence-corrected chi connectivity index (χ1v) is 8.30. The van der Waals surface area contributed by atoms with E-state index in [0.717, 1.165) is 0 Å². The van der Waals surface area contributed by atoms with Gasteiger partial charge in [-0.15, -0.1) is 0 Å². The van der Waals surface area contributed by atoms with E-state index in [1.165, 1.54) is 30.1 Å². The van der Waals surface area contributed by atoms with Gasteiger partial charge in [0.25, 0.3) is 5.56 Å². The number of para-hydroxylation sites is 1. The molecule has 0 aliphatic carbocycles. The van der Waals surface area contributed by atoms with E-state index < -0.39 is 36.3 Å². The van der Waals surface area contributed by atoms with Crippen molar-refractivity contribution >= 4 is 5.97 Å². The number of methoxy groups -OCH3 is 1. The van der Waals surface area contributed by atoms with Crippen molar-refractivity contribution in [3.05, 3.63) is 58.1 Å². The average molecular weight is 393 g/mol. The van der Waals surface area contributed by atoms with Gasteiger partial charge in [0.2, 0.25) is 0 Å². The number of carbonyl (C=O) groups is 1. The van der Waals surface area contributed by atoms with Gasteiger partial charge >= 0.3 is 12.1 Å². The molecule has 0 saturated heterocycles. The Bertz CT molecular complexity index is 1070. The third kappa shape index (κ3) is 2.90. The highest BCUT2D eigenvalue weighted by Crippen LogP contribution is 2.42. The van der Waals surface area contributed by atoms with Crippen LogP contribution in [0.2, 0.25) is 0 Å². The number of alkyl halides is 3. The fourth-order valence-electron chi connectivity index (χ4n) is 3.37. The second kappa shape index (κ2) is 6.39. The lowest BCUT2D eigenvalue weighted by atomic mass is 9.95. The van der Waals surface area contributed by atoms with E-state index in [4.69, 9.17) is 9.47 Å². The van der Waals surface area contributed by atoms with Crippen LogP contribution in [0.25, 0.3) is 11.3 Å². The van der Waals surface area contributed by atoms with Gasteiger partial charge < -0.3 is 14.0 Å². The maximum Gasteiger partial charge on any atom is 0.425 e. The van der Waals surface area contributed by atoms with Crippen molar-refractivity contribution < 1.29 is 27.4 Å². The molecule has 1 N–H and O–H groups in total. The Morgan fingerprint density at radius 3 is 2.79 bits per heavy atom. The number of aromatic amines is 1. The summed E-state index contributed by atoms with van der Waals surface area (Å²) in [5, 5.41) is 6.06. The monoisotopic (exact) mass is 393 g/mol. The molecular weight excluding hydrogens is 379 g/mol. The molecule has 10 heteroatoms. The van der Waals surface area contributed by atoms with Gasteiger partial charge in [0.05, 0.1) is 18.7 Å². The molecule has 146 valence electrons. The zero-order valence-electron chi connectivity index (χ0n) is 14.5. The van der Waals surface area contributed by atoms with Crippen LogP contribution in [0.5, 0.6) is 5.75 Å². The van der Waals surface area contributed by atoms with Crippen molar-refractivity contribution in [3.63, 3.8) is 0 Å². The second-order valence-corrected chi connectivity index (χ2v) is 6.36. The van der Waals surface area contributed by atoms with Crippen LogP contribution in [0.3, 0.4) is 0 Å². The molecule has 0 aromatic heterocycles. The largest absolute Gasteiger partial charge is 0.480 e. The molecule has 0 unspecified atom stereocenters. The molecule has 3 heterocycles. The normalized spacial score (nSPS) is 19.1. The maximum absolute atomic E-state index is 13.4. The fourth-order valence-corrected chi connectivity index (χ4v) is 3.37. The van der Waals surface area contributed by atoms with Gasteiger partial charge in [0.15, 0.2) is 6.10 Å². The Morgan fingerprint density at radius 1 is 1.32 bits per heavy atom. The molecule has 7 nitrogen and oxygen atoms in total. The predicted molar refractivity (Wildman–Crippen MR) is 90.5 cm³/mol. The molecule has 0 amide bonds. The summed E-state index contributed by atoms with van der Waals surface area (Å²) in [6, 6.07) is 5.56. The number of nitrogens with zero attached hydrogens (tertiary/aromatic N) is 2. The van der Waals surface area contributed by atoms with Crippen molar-refractivity contribution in [3.8, 4) is 17.0 Å². The Morgan fingerprint density at radius 2 is 2.07 bits per heavy atom. The highest BCUT2D eigenvalue weighted by molar-refractivity contribution is 5.96. The van der Waals surface area contributed by atoms with Crippen LogP contribution < -0.4 is 10.3 Å². The summed E-state index contributed by atoms with van der Waals surface area (Å²) in [6.45, 7) is 0. The zero-order valence-corrected chi connectivity index (χ0v) is 14.5. The third-order valence-electron chi connectivity index (χ3n) is 4.70. The molecular formula is C18H14F3N3O4. The van der Waals surface area contributed by atoms with E-state index in [9.17, 15) is 22.8 Å². The molecule has 1 aromatic rings.